The number of rotatable bonds is 6. The Hall–Kier alpha value is -2.17. The van der Waals surface area contributed by atoms with Crippen LogP contribution in [0.1, 0.15) is 0 Å². The number of nitrogens with one attached hydrogen (secondary N) is 1. The molecule has 0 unspecified atom stereocenters. The summed E-state index contributed by atoms with van der Waals surface area (Å²) in [6.07, 6.45) is 1.30. The molecule has 0 aliphatic rings. The minimum absolute atomic E-state index is 0.108. The fraction of sp³-hybridized carbons (Fsp3) is 0.214. The number of pyridine rings is 1. The summed E-state index contributed by atoms with van der Waals surface area (Å²) in [6, 6.07) is 8.12. The van der Waals surface area contributed by atoms with Gasteiger partial charge in [0.25, 0.3) is 10.0 Å². The highest BCUT2D eigenvalue weighted by Crippen LogP contribution is 2.21. The molecule has 2 rings (SSSR count). The van der Waals surface area contributed by atoms with E-state index in [2.05, 4.69) is 9.71 Å². The van der Waals surface area contributed by atoms with E-state index in [4.69, 9.17) is 4.74 Å². The molecule has 0 spiro atoms. The van der Waals surface area contributed by atoms with Crippen LogP contribution in [0.3, 0.4) is 0 Å². The van der Waals surface area contributed by atoms with E-state index in [1.165, 1.54) is 57.7 Å². The average Bonchev–Trinajstić information content (AvgIpc) is 2.55. The molecule has 0 saturated carbocycles. The van der Waals surface area contributed by atoms with Crippen LogP contribution >= 0.6 is 0 Å². The Morgan fingerprint density at radius 3 is 2.25 bits per heavy atom. The monoisotopic (exact) mass is 371 g/mol. The third kappa shape index (κ3) is 3.83. The van der Waals surface area contributed by atoms with Crippen molar-refractivity contribution in [3.05, 3.63) is 42.6 Å². The lowest BCUT2D eigenvalue weighted by atomic mass is 10.4. The first kappa shape index (κ1) is 18.2. The summed E-state index contributed by atoms with van der Waals surface area (Å²) < 4.78 is 57.4. The smallest absolute Gasteiger partial charge is 0.261 e. The summed E-state index contributed by atoms with van der Waals surface area (Å²) in [7, 11) is -3.49. The molecular formula is C14H17N3O5S2. The second kappa shape index (κ2) is 6.75. The van der Waals surface area contributed by atoms with Crippen molar-refractivity contribution < 1.29 is 21.6 Å². The summed E-state index contributed by atoms with van der Waals surface area (Å²) in [4.78, 5) is 3.63. The molecule has 0 atom stereocenters. The van der Waals surface area contributed by atoms with Gasteiger partial charge in [-0.2, -0.15) is 0 Å². The standard InChI is InChI=1S/C14H17N3O5S2/c1-17(2)24(20,21)13-6-4-5-12(9-13)23(18,19)16-11-7-8-14(22-3)15-10-11/h4-10,16H,1-3H3. The molecule has 0 amide bonds. The van der Waals surface area contributed by atoms with Crippen molar-refractivity contribution in [1.82, 2.24) is 9.29 Å². The Balaban J connectivity index is 2.36. The highest BCUT2D eigenvalue weighted by Gasteiger charge is 2.21. The van der Waals surface area contributed by atoms with Gasteiger partial charge in [-0.1, -0.05) is 6.07 Å². The SMILES string of the molecule is COc1ccc(NS(=O)(=O)c2cccc(S(=O)(=O)N(C)C)c2)cn1. The lowest BCUT2D eigenvalue weighted by Crippen LogP contribution is -2.22. The number of benzene rings is 1. The van der Waals surface area contributed by atoms with Gasteiger partial charge in [-0.05, 0) is 24.3 Å². The Labute approximate surface area is 141 Å². The van der Waals surface area contributed by atoms with Crippen LogP contribution in [0.15, 0.2) is 52.4 Å². The molecule has 0 aliphatic carbocycles. The van der Waals surface area contributed by atoms with Crippen molar-refractivity contribution >= 4 is 25.7 Å². The van der Waals surface area contributed by atoms with Gasteiger partial charge in [0, 0.05) is 20.2 Å². The first-order valence-corrected chi connectivity index (χ1v) is 9.64. The summed E-state index contributed by atoms with van der Waals surface area (Å²) >= 11 is 0. The molecule has 24 heavy (non-hydrogen) atoms. The second-order valence-corrected chi connectivity index (χ2v) is 8.79. The van der Waals surface area contributed by atoms with Crippen LogP contribution in [0.5, 0.6) is 5.88 Å². The number of nitrogens with zero attached hydrogens (tertiary/aromatic N) is 2. The van der Waals surface area contributed by atoms with Crippen LogP contribution in [-0.2, 0) is 20.0 Å². The topological polar surface area (TPSA) is 106 Å². The third-order valence-electron chi connectivity index (χ3n) is 3.09. The molecule has 0 aliphatic heterocycles. The normalized spacial score (nSPS) is 12.2. The van der Waals surface area contributed by atoms with Crippen LogP contribution in [0.4, 0.5) is 5.69 Å². The summed E-state index contributed by atoms with van der Waals surface area (Å²) in [6.45, 7) is 0. The fourth-order valence-electron chi connectivity index (χ4n) is 1.79. The molecule has 1 N–H and O–H groups in total. The van der Waals surface area contributed by atoms with Crippen molar-refractivity contribution in [1.29, 1.82) is 0 Å². The number of anilines is 1. The minimum atomic E-state index is -3.96. The molecule has 130 valence electrons. The highest BCUT2D eigenvalue weighted by molar-refractivity contribution is 7.93. The molecule has 1 aromatic heterocycles. The zero-order valence-electron chi connectivity index (χ0n) is 13.3. The van der Waals surface area contributed by atoms with Crippen molar-refractivity contribution in [2.45, 2.75) is 9.79 Å². The number of hydrogen-bond acceptors (Lipinski definition) is 6. The lowest BCUT2D eigenvalue weighted by molar-refractivity contribution is 0.398. The largest absolute Gasteiger partial charge is 0.481 e. The predicted molar refractivity (Wildman–Crippen MR) is 88.9 cm³/mol. The molecule has 1 aromatic carbocycles. The molecule has 8 nitrogen and oxygen atoms in total. The van der Waals surface area contributed by atoms with Gasteiger partial charge in [0.2, 0.25) is 15.9 Å². The fourth-order valence-corrected chi connectivity index (χ4v) is 3.90. The van der Waals surface area contributed by atoms with E-state index >= 15 is 0 Å². The Morgan fingerprint density at radius 2 is 1.71 bits per heavy atom. The van der Waals surface area contributed by atoms with E-state index in [1.807, 2.05) is 0 Å². The summed E-state index contributed by atoms with van der Waals surface area (Å²) in [5, 5.41) is 0. The first-order chi connectivity index (χ1) is 11.2. The van der Waals surface area contributed by atoms with Gasteiger partial charge in [0.05, 0.1) is 28.8 Å². The van der Waals surface area contributed by atoms with Crippen LogP contribution in [0, 0.1) is 0 Å². The molecule has 0 radical (unpaired) electrons. The number of hydrogen-bond donors (Lipinski definition) is 1. The second-order valence-electron chi connectivity index (χ2n) is 4.96. The van der Waals surface area contributed by atoms with Crippen LogP contribution in [0.2, 0.25) is 0 Å². The van der Waals surface area contributed by atoms with Crippen molar-refractivity contribution in [3.8, 4) is 5.88 Å². The maximum Gasteiger partial charge on any atom is 0.261 e. The van der Waals surface area contributed by atoms with E-state index in [-0.39, 0.29) is 15.5 Å². The van der Waals surface area contributed by atoms with Gasteiger partial charge in [0.1, 0.15) is 0 Å². The van der Waals surface area contributed by atoms with Gasteiger partial charge in [-0.25, -0.2) is 26.1 Å². The van der Waals surface area contributed by atoms with Gasteiger partial charge >= 0.3 is 0 Å². The lowest BCUT2D eigenvalue weighted by Gasteiger charge is -2.13. The number of aromatic nitrogens is 1. The van der Waals surface area contributed by atoms with Gasteiger partial charge in [0.15, 0.2) is 0 Å². The average molecular weight is 371 g/mol. The minimum Gasteiger partial charge on any atom is -0.481 e. The maximum absolute atomic E-state index is 12.4. The van der Waals surface area contributed by atoms with E-state index in [9.17, 15) is 16.8 Å². The molecule has 0 bridgehead atoms. The van der Waals surface area contributed by atoms with Crippen molar-refractivity contribution in [3.63, 3.8) is 0 Å². The first-order valence-electron chi connectivity index (χ1n) is 6.72. The van der Waals surface area contributed by atoms with E-state index in [0.717, 1.165) is 10.4 Å². The highest BCUT2D eigenvalue weighted by atomic mass is 32.2. The van der Waals surface area contributed by atoms with Gasteiger partial charge in [-0.15, -0.1) is 0 Å². The number of ether oxygens (including phenoxy) is 1. The summed E-state index contributed by atoms with van der Waals surface area (Å²) in [5.41, 5.74) is 0.233. The van der Waals surface area contributed by atoms with Crippen LogP contribution in [0.25, 0.3) is 0 Å². The Morgan fingerprint density at radius 1 is 1.04 bits per heavy atom. The van der Waals surface area contributed by atoms with E-state index in [1.54, 1.807) is 0 Å². The zero-order valence-corrected chi connectivity index (χ0v) is 14.9. The molecule has 1 heterocycles. The molecule has 10 heteroatoms. The van der Waals surface area contributed by atoms with Crippen LogP contribution < -0.4 is 9.46 Å². The quantitative estimate of drug-likeness (QED) is 0.816. The molecule has 0 fully saturated rings. The zero-order chi connectivity index (χ0) is 18.0. The number of sulfonamides is 2. The van der Waals surface area contributed by atoms with Gasteiger partial charge < -0.3 is 4.74 Å². The van der Waals surface area contributed by atoms with E-state index in [0.29, 0.717) is 5.88 Å². The number of methoxy groups -OCH3 is 1. The van der Waals surface area contributed by atoms with Crippen molar-refractivity contribution in [2.75, 3.05) is 25.9 Å². The van der Waals surface area contributed by atoms with E-state index < -0.39 is 20.0 Å². The van der Waals surface area contributed by atoms with Crippen LogP contribution in [-0.4, -0.2) is 47.3 Å². The molecule has 0 saturated heterocycles. The Bertz CT molecular complexity index is 923. The molecular weight excluding hydrogens is 354 g/mol. The Kier molecular flexibility index (Phi) is 5.11. The van der Waals surface area contributed by atoms with Crippen molar-refractivity contribution in [2.24, 2.45) is 0 Å². The summed E-state index contributed by atoms with van der Waals surface area (Å²) in [5.74, 6) is 0.344. The van der Waals surface area contributed by atoms with Gasteiger partial charge in [-0.3, -0.25) is 4.72 Å². The predicted octanol–water partition coefficient (Wildman–Crippen LogP) is 1.14. The maximum atomic E-state index is 12.4. The third-order valence-corrected chi connectivity index (χ3v) is 6.28. The molecule has 2 aromatic rings.